The van der Waals surface area contributed by atoms with Crippen molar-refractivity contribution < 1.29 is 28.6 Å². The van der Waals surface area contributed by atoms with Gasteiger partial charge in [0.05, 0.1) is 19.3 Å². The largest absolute Gasteiger partial charge is 0.493 e. The van der Waals surface area contributed by atoms with E-state index >= 15 is 0 Å². The van der Waals surface area contributed by atoms with Crippen molar-refractivity contribution >= 4 is 23.3 Å². The fourth-order valence-corrected chi connectivity index (χ4v) is 3.29. The van der Waals surface area contributed by atoms with Gasteiger partial charge in [0.25, 0.3) is 0 Å². The summed E-state index contributed by atoms with van der Waals surface area (Å²) in [6.45, 7) is 2.95. The number of ketones is 1. The number of hydrogen-bond acceptors (Lipinski definition) is 6. The van der Waals surface area contributed by atoms with Crippen LogP contribution in [0.15, 0.2) is 42.5 Å². The van der Waals surface area contributed by atoms with Crippen molar-refractivity contribution in [2.75, 3.05) is 31.8 Å². The SMILES string of the molecule is CCCCOc1ccc(C(=O)OCC(=O)c2ccc(N3CCCC3=O)cc2)cc1OC. The monoisotopic (exact) mass is 425 g/mol. The number of esters is 1. The average molecular weight is 425 g/mol. The number of carbonyl (C=O) groups excluding carboxylic acids is 3. The topological polar surface area (TPSA) is 82.1 Å². The van der Waals surface area contributed by atoms with Crippen LogP contribution in [0, 0.1) is 0 Å². The van der Waals surface area contributed by atoms with Crippen LogP contribution in [0.1, 0.15) is 53.3 Å². The lowest BCUT2D eigenvalue weighted by Crippen LogP contribution is -2.23. The summed E-state index contributed by atoms with van der Waals surface area (Å²) in [6.07, 6.45) is 3.32. The highest BCUT2D eigenvalue weighted by Crippen LogP contribution is 2.28. The molecule has 1 fully saturated rings. The smallest absolute Gasteiger partial charge is 0.338 e. The summed E-state index contributed by atoms with van der Waals surface area (Å²) in [5, 5.41) is 0. The zero-order chi connectivity index (χ0) is 22.2. The van der Waals surface area contributed by atoms with Gasteiger partial charge in [0, 0.05) is 24.2 Å². The van der Waals surface area contributed by atoms with Crippen molar-refractivity contribution in [2.24, 2.45) is 0 Å². The van der Waals surface area contributed by atoms with Gasteiger partial charge in [-0.15, -0.1) is 0 Å². The fraction of sp³-hybridized carbons (Fsp3) is 0.375. The van der Waals surface area contributed by atoms with E-state index in [0.717, 1.165) is 24.9 Å². The maximum Gasteiger partial charge on any atom is 0.338 e. The first kappa shape index (κ1) is 22.3. The number of ether oxygens (including phenoxy) is 3. The summed E-state index contributed by atoms with van der Waals surface area (Å²) < 4.78 is 16.1. The number of hydrogen-bond donors (Lipinski definition) is 0. The summed E-state index contributed by atoms with van der Waals surface area (Å²) in [5.41, 5.74) is 1.46. The lowest BCUT2D eigenvalue weighted by Gasteiger charge is -2.15. The van der Waals surface area contributed by atoms with Crippen LogP contribution in [0.4, 0.5) is 5.69 Å². The Hall–Kier alpha value is -3.35. The Balaban J connectivity index is 1.57. The molecule has 0 aliphatic carbocycles. The molecule has 2 aromatic carbocycles. The Morgan fingerprint density at radius 3 is 2.42 bits per heavy atom. The van der Waals surface area contributed by atoms with E-state index in [-0.39, 0.29) is 23.9 Å². The highest BCUT2D eigenvalue weighted by atomic mass is 16.5. The molecule has 7 heteroatoms. The number of anilines is 1. The summed E-state index contributed by atoms with van der Waals surface area (Å²) in [7, 11) is 1.50. The van der Waals surface area contributed by atoms with Crippen molar-refractivity contribution in [3.05, 3.63) is 53.6 Å². The molecule has 1 aliphatic heterocycles. The number of amides is 1. The highest BCUT2D eigenvalue weighted by Gasteiger charge is 2.22. The van der Waals surface area contributed by atoms with E-state index in [2.05, 4.69) is 6.92 Å². The molecule has 0 radical (unpaired) electrons. The van der Waals surface area contributed by atoms with Crippen molar-refractivity contribution in [1.82, 2.24) is 0 Å². The molecule has 0 saturated carbocycles. The van der Waals surface area contributed by atoms with Crippen LogP contribution in [0.3, 0.4) is 0 Å². The third-order valence-corrected chi connectivity index (χ3v) is 5.06. The van der Waals surface area contributed by atoms with Crippen LogP contribution < -0.4 is 14.4 Å². The molecular weight excluding hydrogens is 398 g/mol. The van der Waals surface area contributed by atoms with E-state index < -0.39 is 5.97 Å². The lowest BCUT2D eigenvalue weighted by atomic mass is 10.1. The molecule has 7 nitrogen and oxygen atoms in total. The van der Waals surface area contributed by atoms with E-state index in [1.165, 1.54) is 13.2 Å². The first-order chi connectivity index (χ1) is 15.0. The van der Waals surface area contributed by atoms with Crippen LogP contribution in [-0.2, 0) is 9.53 Å². The standard InChI is InChI=1S/C24H27NO6/c1-3-4-14-30-21-12-9-18(15-22(21)29-2)24(28)31-16-20(26)17-7-10-19(11-8-17)25-13-5-6-23(25)27/h7-12,15H,3-6,13-14,16H2,1-2H3. The molecule has 164 valence electrons. The molecule has 2 aromatic rings. The van der Waals surface area contributed by atoms with E-state index in [1.807, 2.05) is 0 Å². The molecule has 1 heterocycles. The van der Waals surface area contributed by atoms with Gasteiger partial charge in [-0.05, 0) is 55.3 Å². The third-order valence-electron chi connectivity index (χ3n) is 5.06. The first-order valence-electron chi connectivity index (χ1n) is 10.4. The van der Waals surface area contributed by atoms with E-state index in [9.17, 15) is 14.4 Å². The minimum Gasteiger partial charge on any atom is -0.493 e. The van der Waals surface area contributed by atoms with E-state index in [1.54, 1.807) is 41.3 Å². The summed E-state index contributed by atoms with van der Waals surface area (Å²) in [5.74, 6) is 0.138. The molecule has 1 amide bonds. The number of rotatable bonds is 10. The van der Waals surface area contributed by atoms with Crippen LogP contribution in [0.2, 0.25) is 0 Å². The molecule has 1 aliphatic rings. The van der Waals surface area contributed by atoms with Crippen LogP contribution in [0.25, 0.3) is 0 Å². The molecule has 1 saturated heterocycles. The zero-order valence-electron chi connectivity index (χ0n) is 17.9. The van der Waals surface area contributed by atoms with Crippen molar-refractivity contribution in [2.45, 2.75) is 32.6 Å². The molecule has 0 aromatic heterocycles. The van der Waals surface area contributed by atoms with E-state index in [4.69, 9.17) is 14.2 Å². The molecule has 31 heavy (non-hydrogen) atoms. The van der Waals surface area contributed by atoms with Gasteiger partial charge in [-0.1, -0.05) is 13.3 Å². The maximum atomic E-state index is 12.4. The lowest BCUT2D eigenvalue weighted by molar-refractivity contribution is -0.117. The number of methoxy groups -OCH3 is 1. The maximum absolute atomic E-state index is 12.4. The predicted octanol–water partition coefficient (Wildman–Crippen LogP) is 4.04. The number of Topliss-reactive ketones (excluding diaryl/α,β-unsaturated/α-hetero) is 1. The molecule has 0 atom stereocenters. The Labute approximate surface area is 181 Å². The number of nitrogens with zero attached hydrogens (tertiary/aromatic N) is 1. The Bertz CT molecular complexity index is 938. The van der Waals surface area contributed by atoms with Crippen LogP contribution in [0.5, 0.6) is 11.5 Å². The van der Waals surface area contributed by atoms with Gasteiger partial charge >= 0.3 is 5.97 Å². The van der Waals surface area contributed by atoms with Gasteiger partial charge in [0.15, 0.2) is 23.9 Å². The normalized spacial score (nSPS) is 13.2. The second kappa shape index (κ2) is 10.6. The molecule has 0 N–H and O–H groups in total. The molecule has 0 spiro atoms. The van der Waals surface area contributed by atoms with Gasteiger partial charge in [0.1, 0.15) is 0 Å². The Morgan fingerprint density at radius 1 is 1.03 bits per heavy atom. The van der Waals surface area contributed by atoms with Crippen LogP contribution >= 0.6 is 0 Å². The zero-order valence-corrected chi connectivity index (χ0v) is 17.9. The number of carbonyl (C=O) groups is 3. The highest BCUT2D eigenvalue weighted by molar-refractivity contribution is 6.00. The first-order valence-corrected chi connectivity index (χ1v) is 10.4. The summed E-state index contributed by atoms with van der Waals surface area (Å²) in [4.78, 5) is 38.3. The van der Waals surface area contributed by atoms with Crippen molar-refractivity contribution in [3.8, 4) is 11.5 Å². The third kappa shape index (κ3) is 5.63. The predicted molar refractivity (Wildman–Crippen MR) is 116 cm³/mol. The van der Waals surface area contributed by atoms with Gasteiger partial charge in [-0.25, -0.2) is 4.79 Å². The van der Waals surface area contributed by atoms with Crippen LogP contribution in [-0.4, -0.2) is 44.5 Å². The number of benzene rings is 2. The molecule has 0 unspecified atom stereocenters. The Morgan fingerprint density at radius 2 is 1.77 bits per heavy atom. The summed E-state index contributed by atoms with van der Waals surface area (Å²) >= 11 is 0. The van der Waals surface area contributed by atoms with Gasteiger partial charge in [-0.3, -0.25) is 9.59 Å². The summed E-state index contributed by atoms with van der Waals surface area (Å²) in [6, 6.07) is 11.5. The second-order valence-electron chi connectivity index (χ2n) is 7.26. The average Bonchev–Trinajstić information content (AvgIpc) is 3.23. The fourth-order valence-electron chi connectivity index (χ4n) is 3.29. The van der Waals surface area contributed by atoms with Crippen molar-refractivity contribution in [3.63, 3.8) is 0 Å². The molecule has 0 bridgehead atoms. The minimum atomic E-state index is -0.619. The van der Waals surface area contributed by atoms with Gasteiger partial charge < -0.3 is 19.1 Å². The van der Waals surface area contributed by atoms with E-state index in [0.29, 0.717) is 36.6 Å². The molecule has 3 rings (SSSR count). The number of unbranched alkanes of at least 4 members (excludes halogenated alkanes) is 1. The second-order valence-corrected chi connectivity index (χ2v) is 7.26. The quantitative estimate of drug-likeness (QED) is 0.325. The van der Waals surface area contributed by atoms with Crippen molar-refractivity contribution in [1.29, 1.82) is 0 Å². The Kier molecular flexibility index (Phi) is 7.65. The van der Waals surface area contributed by atoms with Gasteiger partial charge in [0.2, 0.25) is 5.91 Å². The molecular formula is C24H27NO6. The minimum absolute atomic E-state index is 0.0882. The van der Waals surface area contributed by atoms with Gasteiger partial charge in [-0.2, -0.15) is 0 Å².